The van der Waals surface area contributed by atoms with Gasteiger partial charge in [0.05, 0.1) is 0 Å². The first kappa shape index (κ1) is 14.2. The summed E-state index contributed by atoms with van der Waals surface area (Å²) in [5, 5.41) is 10.2. The van der Waals surface area contributed by atoms with Gasteiger partial charge in [0.2, 0.25) is 0 Å². The largest absolute Gasteiger partial charge is 0.452 e. The van der Waals surface area contributed by atoms with Crippen molar-refractivity contribution >= 4 is 15.9 Å². The number of nitrogens with two attached hydrogens (primary N) is 1. The van der Waals surface area contributed by atoms with Gasteiger partial charge in [-0.3, -0.25) is 0 Å². The third kappa shape index (κ3) is 3.20. The van der Waals surface area contributed by atoms with E-state index >= 15 is 0 Å². The zero-order chi connectivity index (χ0) is 14.0. The minimum absolute atomic E-state index is 0.0301. The molecular formula is C13H12BrF2NO2. The molecule has 2 aromatic rings. The quantitative estimate of drug-likeness (QED) is 0.905. The second-order valence-electron chi connectivity index (χ2n) is 4.13. The molecule has 2 atom stereocenters. The van der Waals surface area contributed by atoms with Crippen LogP contribution < -0.4 is 5.73 Å². The highest BCUT2D eigenvalue weighted by atomic mass is 79.9. The highest BCUT2D eigenvalue weighted by Gasteiger charge is 2.25. The molecule has 0 amide bonds. The second-order valence-corrected chi connectivity index (χ2v) is 4.91. The molecule has 0 aliphatic rings. The number of aliphatic hydroxyl groups excluding tert-OH is 1. The van der Waals surface area contributed by atoms with Crippen LogP contribution in [0.5, 0.6) is 0 Å². The number of rotatable bonds is 4. The average molecular weight is 332 g/mol. The van der Waals surface area contributed by atoms with Gasteiger partial charge in [-0.15, -0.1) is 0 Å². The summed E-state index contributed by atoms with van der Waals surface area (Å²) in [7, 11) is 0. The first-order chi connectivity index (χ1) is 9.01. The molecule has 3 nitrogen and oxygen atoms in total. The SMILES string of the molecule is NCC(c1cc(F)cc(F)c1)C(O)c1ccc(Br)o1. The molecule has 0 saturated heterocycles. The normalized spacial score (nSPS) is 14.4. The Labute approximate surface area is 117 Å². The summed E-state index contributed by atoms with van der Waals surface area (Å²) in [6, 6.07) is 6.28. The fourth-order valence-electron chi connectivity index (χ4n) is 1.92. The van der Waals surface area contributed by atoms with Gasteiger partial charge in [0.1, 0.15) is 23.5 Å². The zero-order valence-electron chi connectivity index (χ0n) is 9.82. The van der Waals surface area contributed by atoms with Crippen LogP contribution >= 0.6 is 15.9 Å². The summed E-state index contributed by atoms with van der Waals surface area (Å²) >= 11 is 3.12. The second kappa shape index (κ2) is 5.81. The van der Waals surface area contributed by atoms with E-state index in [0.29, 0.717) is 10.2 Å². The van der Waals surface area contributed by atoms with Crippen LogP contribution in [-0.2, 0) is 0 Å². The number of hydrogen-bond donors (Lipinski definition) is 2. The summed E-state index contributed by atoms with van der Waals surface area (Å²) in [4.78, 5) is 0. The first-order valence-electron chi connectivity index (χ1n) is 5.60. The highest BCUT2D eigenvalue weighted by Crippen LogP contribution is 2.32. The van der Waals surface area contributed by atoms with E-state index < -0.39 is 23.7 Å². The van der Waals surface area contributed by atoms with Gasteiger partial charge in [0.15, 0.2) is 4.67 Å². The minimum atomic E-state index is -1.07. The van der Waals surface area contributed by atoms with Gasteiger partial charge in [-0.25, -0.2) is 8.78 Å². The predicted molar refractivity (Wildman–Crippen MR) is 69.5 cm³/mol. The maximum absolute atomic E-state index is 13.2. The van der Waals surface area contributed by atoms with Crippen LogP contribution in [0.25, 0.3) is 0 Å². The van der Waals surface area contributed by atoms with Gasteiger partial charge in [-0.2, -0.15) is 0 Å². The highest BCUT2D eigenvalue weighted by molar-refractivity contribution is 9.10. The molecule has 0 spiro atoms. The van der Waals surface area contributed by atoms with E-state index in [9.17, 15) is 13.9 Å². The summed E-state index contributed by atoms with van der Waals surface area (Å²) in [6.45, 7) is 0.0301. The lowest BCUT2D eigenvalue weighted by molar-refractivity contribution is 0.120. The fourth-order valence-corrected chi connectivity index (χ4v) is 2.24. The van der Waals surface area contributed by atoms with E-state index in [4.69, 9.17) is 10.2 Å². The average Bonchev–Trinajstić information content (AvgIpc) is 2.75. The first-order valence-corrected chi connectivity index (χ1v) is 6.40. The van der Waals surface area contributed by atoms with E-state index in [2.05, 4.69) is 15.9 Å². The van der Waals surface area contributed by atoms with E-state index in [-0.39, 0.29) is 12.3 Å². The molecule has 6 heteroatoms. The van der Waals surface area contributed by atoms with E-state index in [1.807, 2.05) is 0 Å². The number of hydrogen-bond acceptors (Lipinski definition) is 3. The van der Waals surface area contributed by atoms with Crippen molar-refractivity contribution in [2.45, 2.75) is 12.0 Å². The summed E-state index contributed by atoms with van der Waals surface area (Å²) in [6.07, 6.45) is -1.07. The maximum Gasteiger partial charge on any atom is 0.169 e. The molecular weight excluding hydrogens is 320 g/mol. The number of aliphatic hydroxyl groups is 1. The van der Waals surface area contributed by atoms with Crippen molar-refractivity contribution in [2.24, 2.45) is 5.73 Å². The van der Waals surface area contributed by atoms with Crippen LogP contribution in [0.1, 0.15) is 23.3 Å². The van der Waals surface area contributed by atoms with Crippen molar-refractivity contribution in [3.05, 3.63) is 58.0 Å². The van der Waals surface area contributed by atoms with Crippen LogP contribution in [-0.4, -0.2) is 11.7 Å². The van der Waals surface area contributed by atoms with Crippen molar-refractivity contribution < 1.29 is 18.3 Å². The Hall–Kier alpha value is -1.24. The van der Waals surface area contributed by atoms with E-state index in [1.54, 1.807) is 12.1 Å². The van der Waals surface area contributed by atoms with Crippen LogP contribution in [0.4, 0.5) is 8.78 Å². The monoisotopic (exact) mass is 331 g/mol. The summed E-state index contributed by atoms with van der Waals surface area (Å²) < 4.78 is 32.1. The fraction of sp³-hybridized carbons (Fsp3) is 0.231. The Morgan fingerprint density at radius 2 is 1.84 bits per heavy atom. The topological polar surface area (TPSA) is 59.4 Å². The Morgan fingerprint density at radius 1 is 1.21 bits per heavy atom. The van der Waals surface area contributed by atoms with Gasteiger partial charge in [0, 0.05) is 18.5 Å². The molecule has 3 N–H and O–H groups in total. The van der Waals surface area contributed by atoms with E-state index in [1.165, 1.54) is 0 Å². The Balaban J connectivity index is 2.33. The van der Waals surface area contributed by atoms with Gasteiger partial charge < -0.3 is 15.3 Å². The molecule has 0 fully saturated rings. The molecule has 1 heterocycles. The lowest BCUT2D eigenvalue weighted by Crippen LogP contribution is -2.20. The van der Waals surface area contributed by atoms with Gasteiger partial charge in [-0.1, -0.05) is 0 Å². The molecule has 2 rings (SSSR count). The molecule has 0 radical (unpaired) electrons. The number of furan rings is 1. The smallest absolute Gasteiger partial charge is 0.169 e. The molecule has 1 aromatic carbocycles. The molecule has 0 bridgehead atoms. The van der Waals surface area contributed by atoms with Gasteiger partial charge in [0.25, 0.3) is 0 Å². The molecule has 2 unspecified atom stereocenters. The molecule has 0 aliphatic carbocycles. The standard InChI is InChI=1S/C13H12BrF2NO2/c14-12-2-1-11(19-12)13(18)10(6-17)7-3-8(15)5-9(16)4-7/h1-5,10,13,18H,6,17H2. The molecule has 0 saturated carbocycles. The van der Waals surface area contributed by atoms with Crippen LogP contribution in [0, 0.1) is 11.6 Å². The zero-order valence-corrected chi connectivity index (χ0v) is 11.4. The Morgan fingerprint density at radius 3 is 2.32 bits per heavy atom. The predicted octanol–water partition coefficient (Wildman–Crippen LogP) is 3.10. The Bertz CT molecular complexity index is 553. The molecule has 0 aliphatic heterocycles. The lowest BCUT2D eigenvalue weighted by Gasteiger charge is -2.20. The van der Waals surface area contributed by atoms with Crippen molar-refractivity contribution in [1.29, 1.82) is 0 Å². The molecule has 1 aromatic heterocycles. The minimum Gasteiger partial charge on any atom is -0.452 e. The lowest BCUT2D eigenvalue weighted by atomic mass is 9.92. The van der Waals surface area contributed by atoms with Crippen molar-refractivity contribution in [2.75, 3.05) is 6.54 Å². The van der Waals surface area contributed by atoms with Crippen molar-refractivity contribution in [3.63, 3.8) is 0 Å². The van der Waals surface area contributed by atoms with Crippen molar-refractivity contribution in [1.82, 2.24) is 0 Å². The third-order valence-corrected chi connectivity index (χ3v) is 3.26. The van der Waals surface area contributed by atoms with Gasteiger partial charge in [-0.05, 0) is 45.8 Å². The van der Waals surface area contributed by atoms with Crippen LogP contribution in [0.3, 0.4) is 0 Å². The number of halogens is 3. The molecule has 102 valence electrons. The van der Waals surface area contributed by atoms with Crippen LogP contribution in [0.2, 0.25) is 0 Å². The number of benzene rings is 1. The van der Waals surface area contributed by atoms with E-state index in [0.717, 1.165) is 18.2 Å². The maximum atomic E-state index is 13.2. The molecule has 19 heavy (non-hydrogen) atoms. The Kier molecular flexibility index (Phi) is 4.34. The van der Waals surface area contributed by atoms with Crippen LogP contribution in [0.15, 0.2) is 39.4 Å². The van der Waals surface area contributed by atoms with Crippen molar-refractivity contribution in [3.8, 4) is 0 Å². The summed E-state index contributed by atoms with van der Waals surface area (Å²) in [5.41, 5.74) is 5.88. The summed E-state index contributed by atoms with van der Waals surface area (Å²) in [5.74, 6) is -1.78. The van der Waals surface area contributed by atoms with Gasteiger partial charge >= 0.3 is 0 Å². The third-order valence-electron chi connectivity index (χ3n) is 2.83.